The summed E-state index contributed by atoms with van der Waals surface area (Å²) < 4.78 is 0.935. The minimum Gasteiger partial charge on any atom is -0.494 e. The van der Waals surface area contributed by atoms with Crippen LogP contribution >= 0.6 is 28.3 Å². The number of hydrogen-bond donors (Lipinski definition) is 3. The van der Waals surface area contributed by atoms with Crippen molar-refractivity contribution in [1.29, 1.82) is 0 Å². The number of halogens is 2. The van der Waals surface area contributed by atoms with Crippen LogP contribution in [0.1, 0.15) is 11.1 Å². The van der Waals surface area contributed by atoms with E-state index < -0.39 is 0 Å². The number of piperazine rings is 1. The van der Waals surface area contributed by atoms with Crippen molar-refractivity contribution >= 4 is 56.4 Å². The van der Waals surface area contributed by atoms with Gasteiger partial charge in [0.2, 0.25) is 0 Å². The van der Waals surface area contributed by atoms with Gasteiger partial charge < -0.3 is 20.2 Å². The third-order valence-electron chi connectivity index (χ3n) is 5.46. The number of aliphatic imine (C=N–C) groups is 1. The van der Waals surface area contributed by atoms with E-state index in [2.05, 4.69) is 36.3 Å². The van der Waals surface area contributed by atoms with Crippen LogP contribution < -0.4 is 5.32 Å². The molecule has 2 aliphatic rings. The molecule has 1 aromatic heterocycles. The van der Waals surface area contributed by atoms with E-state index in [1.165, 1.54) is 0 Å². The van der Waals surface area contributed by atoms with Crippen LogP contribution in [0.25, 0.3) is 10.9 Å². The number of oxime groups is 1. The molecular formula is C22H23BrClN5O2. The number of fused-ring (bicyclic) bond motifs is 2. The highest BCUT2D eigenvalue weighted by atomic mass is 79.9. The van der Waals surface area contributed by atoms with E-state index in [0.29, 0.717) is 23.6 Å². The topological polar surface area (TPSA) is 85.2 Å². The third-order valence-corrected chi connectivity index (χ3v) is 5.95. The number of benzene rings is 2. The number of para-hydroxylation sites is 1. The summed E-state index contributed by atoms with van der Waals surface area (Å²) in [5.41, 5.74) is 4.45. The van der Waals surface area contributed by atoms with Crippen molar-refractivity contribution in [3.8, 4) is 5.88 Å². The van der Waals surface area contributed by atoms with E-state index >= 15 is 0 Å². The molecule has 0 unspecified atom stereocenters. The van der Waals surface area contributed by atoms with Crippen LogP contribution in [0.15, 0.2) is 57.1 Å². The fourth-order valence-corrected chi connectivity index (χ4v) is 4.31. The molecule has 0 amide bonds. The summed E-state index contributed by atoms with van der Waals surface area (Å²) in [5.74, 6) is 0.0724. The molecule has 9 heteroatoms. The van der Waals surface area contributed by atoms with Crippen LogP contribution in [-0.4, -0.2) is 65.7 Å². The van der Waals surface area contributed by atoms with E-state index in [9.17, 15) is 5.11 Å². The van der Waals surface area contributed by atoms with Gasteiger partial charge in [-0.2, -0.15) is 0 Å². The first-order chi connectivity index (χ1) is 14.7. The van der Waals surface area contributed by atoms with Gasteiger partial charge in [-0.05, 0) is 18.2 Å². The first-order valence-electron chi connectivity index (χ1n) is 10.0. The predicted molar refractivity (Wildman–Crippen MR) is 129 cm³/mol. The smallest absolute Gasteiger partial charge is 0.199 e. The minimum absolute atomic E-state index is 0. The molecule has 0 spiro atoms. The molecule has 0 bridgehead atoms. The van der Waals surface area contributed by atoms with Crippen LogP contribution in [0.2, 0.25) is 0 Å². The molecule has 0 saturated carbocycles. The van der Waals surface area contributed by atoms with Gasteiger partial charge in [0, 0.05) is 48.1 Å². The number of H-pyrrole nitrogens is 1. The summed E-state index contributed by atoms with van der Waals surface area (Å²) in [5, 5.41) is 19.4. The Balaban J connectivity index is 0.00000231. The monoisotopic (exact) mass is 503 g/mol. The Labute approximate surface area is 194 Å². The molecule has 1 fully saturated rings. The van der Waals surface area contributed by atoms with Crippen LogP contribution in [0.4, 0.5) is 5.69 Å². The number of rotatable bonds is 5. The minimum atomic E-state index is 0. The summed E-state index contributed by atoms with van der Waals surface area (Å²) in [6, 6.07) is 13.7. The predicted octanol–water partition coefficient (Wildman–Crippen LogP) is 3.82. The van der Waals surface area contributed by atoms with E-state index in [-0.39, 0.29) is 18.3 Å². The standard InChI is InChI=1S/C22H22BrN5O2.ClH/c23-14-5-6-15-18(13-14)26-22(29)19(15)21-20(16-3-1-2-4-17(16)25-21)27-30-12-11-28-9-7-24-8-10-28;/h1-6,13,24,26,29H,7-12H2;1H/b27-20+;. The molecule has 5 rings (SSSR count). The molecule has 7 nitrogen and oxygen atoms in total. The molecule has 31 heavy (non-hydrogen) atoms. The second kappa shape index (κ2) is 9.40. The number of nitrogens with zero attached hydrogens (tertiary/aromatic N) is 3. The van der Waals surface area contributed by atoms with E-state index in [1.807, 2.05) is 42.5 Å². The lowest BCUT2D eigenvalue weighted by atomic mass is 10.0. The highest BCUT2D eigenvalue weighted by Crippen LogP contribution is 2.36. The van der Waals surface area contributed by atoms with Crippen LogP contribution in [-0.2, 0) is 4.84 Å². The Bertz CT molecular complexity index is 1150. The fraction of sp³-hybridized carbons (Fsp3) is 0.273. The lowest BCUT2D eigenvalue weighted by Crippen LogP contribution is -2.44. The van der Waals surface area contributed by atoms with Crippen molar-refractivity contribution in [3.63, 3.8) is 0 Å². The van der Waals surface area contributed by atoms with Crippen LogP contribution in [0.5, 0.6) is 5.88 Å². The molecule has 2 aromatic carbocycles. The largest absolute Gasteiger partial charge is 0.494 e. The summed E-state index contributed by atoms with van der Waals surface area (Å²) in [4.78, 5) is 15.9. The zero-order valence-electron chi connectivity index (χ0n) is 16.8. The fourth-order valence-electron chi connectivity index (χ4n) is 3.95. The zero-order chi connectivity index (χ0) is 20.5. The van der Waals surface area contributed by atoms with E-state index in [4.69, 9.17) is 9.83 Å². The molecule has 3 aromatic rings. The Hall–Kier alpha value is -2.39. The number of nitrogens with one attached hydrogen (secondary N) is 2. The normalized spacial score (nSPS) is 17.5. The van der Waals surface area contributed by atoms with Gasteiger partial charge in [-0.1, -0.05) is 45.4 Å². The molecule has 162 valence electrons. The van der Waals surface area contributed by atoms with Crippen molar-refractivity contribution in [2.45, 2.75) is 0 Å². The maximum absolute atomic E-state index is 10.7. The van der Waals surface area contributed by atoms with Gasteiger partial charge in [-0.25, -0.2) is 4.99 Å². The van der Waals surface area contributed by atoms with Crippen molar-refractivity contribution in [2.75, 3.05) is 39.3 Å². The molecule has 3 N–H and O–H groups in total. The van der Waals surface area contributed by atoms with Gasteiger partial charge in [-0.3, -0.25) is 4.90 Å². The van der Waals surface area contributed by atoms with E-state index in [0.717, 1.165) is 59.4 Å². The Morgan fingerprint density at radius 2 is 1.97 bits per heavy atom. The molecule has 0 radical (unpaired) electrons. The van der Waals surface area contributed by atoms with Crippen molar-refractivity contribution in [2.24, 2.45) is 10.1 Å². The second-order valence-electron chi connectivity index (χ2n) is 7.38. The first-order valence-corrected chi connectivity index (χ1v) is 10.8. The number of aromatic amines is 1. The van der Waals surface area contributed by atoms with Crippen molar-refractivity contribution < 1.29 is 9.94 Å². The number of aromatic hydroxyl groups is 1. The lowest BCUT2D eigenvalue weighted by molar-refractivity contribution is 0.106. The van der Waals surface area contributed by atoms with Crippen molar-refractivity contribution in [3.05, 3.63) is 58.1 Å². The lowest BCUT2D eigenvalue weighted by Gasteiger charge is -2.26. The van der Waals surface area contributed by atoms with Gasteiger partial charge in [0.1, 0.15) is 18.0 Å². The molecule has 2 aliphatic heterocycles. The highest BCUT2D eigenvalue weighted by Gasteiger charge is 2.29. The highest BCUT2D eigenvalue weighted by molar-refractivity contribution is 9.10. The van der Waals surface area contributed by atoms with Gasteiger partial charge in [0.15, 0.2) is 5.88 Å². The number of aromatic nitrogens is 1. The average molecular weight is 505 g/mol. The molecular weight excluding hydrogens is 482 g/mol. The Morgan fingerprint density at radius 3 is 2.81 bits per heavy atom. The van der Waals surface area contributed by atoms with E-state index in [1.54, 1.807) is 0 Å². The SMILES string of the molecule is Cl.Oc1[nH]c2cc(Br)ccc2c1C1=Nc2ccccc2/C1=N\OCCN1CCNCC1. The maximum Gasteiger partial charge on any atom is 0.199 e. The summed E-state index contributed by atoms with van der Waals surface area (Å²) >= 11 is 3.48. The van der Waals surface area contributed by atoms with Gasteiger partial charge in [0.05, 0.1) is 16.8 Å². The second-order valence-corrected chi connectivity index (χ2v) is 8.30. The zero-order valence-corrected chi connectivity index (χ0v) is 19.2. The van der Waals surface area contributed by atoms with Gasteiger partial charge in [0.25, 0.3) is 0 Å². The van der Waals surface area contributed by atoms with Crippen molar-refractivity contribution in [1.82, 2.24) is 15.2 Å². The quantitative estimate of drug-likeness (QED) is 0.364. The third kappa shape index (κ3) is 4.34. The summed E-state index contributed by atoms with van der Waals surface area (Å²) in [7, 11) is 0. The van der Waals surface area contributed by atoms with Gasteiger partial charge in [-0.15, -0.1) is 12.4 Å². The van der Waals surface area contributed by atoms with Gasteiger partial charge >= 0.3 is 0 Å². The molecule has 3 heterocycles. The molecule has 0 aliphatic carbocycles. The summed E-state index contributed by atoms with van der Waals surface area (Å²) in [6.45, 7) is 5.40. The van der Waals surface area contributed by atoms with Crippen LogP contribution in [0, 0.1) is 0 Å². The first kappa shape index (κ1) is 21.8. The van der Waals surface area contributed by atoms with Crippen LogP contribution in [0.3, 0.4) is 0 Å². The maximum atomic E-state index is 10.7. The Kier molecular flexibility index (Phi) is 6.62. The number of hydrogen-bond acceptors (Lipinski definition) is 6. The average Bonchev–Trinajstić information content (AvgIpc) is 3.27. The Morgan fingerprint density at radius 1 is 1.16 bits per heavy atom. The molecule has 1 saturated heterocycles. The summed E-state index contributed by atoms with van der Waals surface area (Å²) in [6.07, 6.45) is 0. The molecule has 0 atom stereocenters.